The first-order chi connectivity index (χ1) is 6.22. The van der Waals surface area contributed by atoms with Gasteiger partial charge in [0.1, 0.15) is 5.69 Å². The first kappa shape index (κ1) is 9.73. The lowest BCUT2D eigenvalue weighted by Gasteiger charge is -1.97. The summed E-state index contributed by atoms with van der Waals surface area (Å²) in [6, 6.07) is 6.53. The van der Waals surface area contributed by atoms with Crippen molar-refractivity contribution >= 4 is 23.4 Å². The van der Waals surface area contributed by atoms with E-state index in [4.69, 9.17) is 5.11 Å². The molecule has 13 heavy (non-hydrogen) atoms. The van der Waals surface area contributed by atoms with Gasteiger partial charge >= 0.3 is 5.97 Å². The Morgan fingerprint density at radius 2 is 2.31 bits per heavy atom. The Morgan fingerprint density at radius 3 is 2.92 bits per heavy atom. The molecule has 0 aliphatic carbocycles. The van der Waals surface area contributed by atoms with Gasteiger partial charge in [-0.1, -0.05) is 6.07 Å². The minimum absolute atomic E-state index is 0.0116. The lowest BCUT2D eigenvalue weighted by molar-refractivity contribution is -0.133. The second-order valence-corrected chi connectivity index (χ2v) is 3.32. The van der Waals surface area contributed by atoms with Crippen LogP contribution in [0.2, 0.25) is 0 Å². The molecule has 0 fully saturated rings. The summed E-state index contributed by atoms with van der Waals surface area (Å²) >= 11 is 1.16. The monoisotopic (exact) mass is 197 g/mol. The van der Waals surface area contributed by atoms with Crippen LogP contribution in [0, 0.1) is 4.91 Å². The predicted molar refractivity (Wildman–Crippen MR) is 50.3 cm³/mol. The zero-order valence-electron chi connectivity index (χ0n) is 6.64. The minimum Gasteiger partial charge on any atom is -0.481 e. The summed E-state index contributed by atoms with van der Waals surface area (Å²) in [7, 11) is 0. The van der Waals surface area contributed by atoms with Crippen LogP contribution in [0.4, 0.5) is 5.69 Å². The Morgan fingerprint density at radius 1 is 1.54 bits per heavy atom. The molecule has 0 saturated heterocycles. The van der Waals surface area contributed by atoms with Crippen molar-refractivity contribution in [2.24, 2.45) is 5.18 Å². The van der Waals surface area contributed by atoms with Crippen LogP contribution in [0.5, 0.6) is 0 Å². The van der Waals surface area contributed by atoms with Crippen molar-refractivity contribution in [1.82, 2.24) is 0 Å². The molecule has 0 heterocycles. The maximum absolute atomic E-state index is 10.2. The number of hydrogen-bond acceptors (Lipinski definition) is 4. The van der Waals surface area contributed by atoms with E-state index in [1.165, 1.54) is 0 Å². The maximum Gasteiger partial charge on any atom is 0.313 e. The summed E-state index contributed by atoms with van der Waals surface area (Å²) in [5.74, 6) is -0.892. The molecule has 1 aromatic rings. The molecule has 0 aliphatic rings. The van der Waals surface area contributed by atoms with Gasteiger partial charge in [-0.15, -0.1) is 16.7 Å². The van der Waals surface area contributed by atoms with E-state index in [1.54, 1.807) is 24.3 Å². The van der Waals surface area contributed by atoms with Crippen LogP contribution in [0.25, 0.3) is 0 Å². The number of thioether (sulfide) groups is 1. The van der Waals surface area contributed by atoms with Crippen molar-refractivity contribution in [3.63, 3.8) is 0 Å². The number of carboxylic acid groups (broad SMARTS) is 1. The Hall–Kier alpha value is -1.36. The van der Waals surface area contributed by atoms with Crippen LogP contribution >= 0.6 is 11.8 Å². The van der Waals surface area contributed by atoms with Crippen LogP contribution in [0.3, 0.4) is 0 Å². The molecule has 0 unspecified atom stereocenters. The van der Waals surface area contributed by atoms with Gasteiger partial charge in [-0.25, -0.2) is 0 Å². The predicted octanol–water partition coefficient (Wildman–Crippen LogP) is 2.26. The number of nitrogens with zero attached hydrogens (tertiary/aromatic N) is 1. The number of nitroso groups, excluding NO2 is 1. The first-order valence-corrected chi connectivity index (χ1v) is 4.49. The summed E-state index contributed by atoms with van der Waals surface area (Å²) in [6.45, 7) is 0. The number of carbonyl (C=O) groups is 1. The Bertz CT molecular complexity index is 327. The highest BCUT2D eigenvalue weighted by Gasteiger charge is 2.00. The Labute approximate surface area is 78.9 Å². The van der Waals surface area contributed by atoms with Gasteiger partial charge in [-0.3, -0.25) is 4.79 Å². The van der Waals surface area contributed by atoms with E-state index in [-0.39, 0.29) is 5.75 Å². The topological polar surface area (TPSA) is 66.7 Å². The van der Waals surface area contributed by atoms with E-state index in [0.29, 0.717) is 5.69 Å². The average Bonchev–Trinajstić information content (AvgIpc) is 2.15. The van der Waals surface area contributed by atoms with Gasteiger partial charge < -0.3 is 5.11 Å². The highest BCUT2D eigenvalue weighted by Crippen LogP contribution is 2.22. The fourth-order valence-corrected chi connectivity index (χ4v) is 1.44. The van der Waals surface area contributed by atoms with Crippen molar-refractivity contribution in [1.29, 1.82) is 0 Å². The zero-order chi connectivity index (χ0) is 9.68. The lowest BCUT2D eigenvalue weighted by atomic mass is 10.3. The van der Waals surface area contributed by atoms with Crippen LogP contribution in [0.1, 0.15) is 0 Å². The maximum atomic E-state index is 10.2. The van der Waals surface area contributed by atoms with Gasteiger partial charge in [0.05, 0.1) is 5.75 Å². The lowest BCUT2D eigenvalue weighted by Crippen LogP contribution is -1.96. The fraction of sp³-hybridized carbons (Fsp3) is 0.125. The third-order valence-corrected chi connectivity index (χ3v) is 2.26. The smallest absolute Gasteiger partial charge is 0.313 e. The quantitative estimate of drug-likeness (QED) is 0.593. The molecule has 5 heteroatoms. The summed E-state index contributed by atoms with van der Waals surface area (Å²) in [5, 5.41) is 11.1. The molecule has 0 bridgehead atoms. The number of carboxylic acids is 1. The molecule has 4 nitrogen and oxygen atoms in total. The van der Waals surface area contributed by atoms with E-state index in [9.17, 15) is 9.70 Å². The average molecular weight is 197 g/mol. The second kappa shape index (κ2) is 4.61. The molecule has 1 N–H and O–H groups in total. The standard InChI is InChI=1S/C8H7NO3S/c10-8(11)5-13-7-3-1-2-6(4-7)9-12/h1-4H,5H2,(H,10,11). The highest BCUT2D eigenvalue weighted by molar-refractivity contribution is 8.00. The van der Waals surface area contributed by atoms with Gasteiger partial charge in [-0.2, -0.15) is 0 Å². The molecular formula is C8H7NO3S. The Balaban J connectivity index is 2.66. The SMILES string of the molecule is O=Nc1cccc(SCC(=O)O)c1. The van der Waals surface area contributed by atoms with Crippen LogP contribution in [0.15, 0.2) is 34.3 Å². The van der Waals surface area contributed by atoms with Crippen LogP contribution in [-0.2, 0) is 4.79 Å². The molecule has 0 atom stereocenters. The molecule has 1 rings (SSSR count). The molecular weight excluding hydrogens is 190 g/mol. The van der Waals surface area contributed by atoms with Crippen molar-refractivity contribution in [2.45, 2.75) is 4.90 Å². The third-order valence-electron chi connectivity index (χ3n) is 1.29. The van der Waals surface area contributed by atoms with E-state index >= 15 is 0 Å². The van der Waals surface area contributed by atoms with E-state index in [2.05, 4.69) is 5.18 Å². The number of aliphatic carboxylic acids is 1. The van der Waals surface area contributed by atoms with E-state index in [1.807, 2.05) is 0 Å². The molecule has 68 valence electrons. The Kier molecular flexibility index (Phi) is 3.45. The summed E-state index contributed by atoms with van der Waals surface area (Å²) in [6.07, 6.45) is 0. The molecule has 0 saturated carbocycles. The second-order valence-electron chi connectivity index (χ2n) is 2.27. The summed E-state index contributed by atoms with van der Waals surface area (Å²) in [5.41, 5.74) is 0.315. The number of rotatable bonds is 4. The van der Waals surface area contributed by atoms with Crippen molar-refractivity contribution in [3.05, 3.63) is 29.2 Å². The zero-order valence-corrected chi connectivity index (χ0v) is 7.45. The first-order valence-electron chi connectivity index (χ1n) is 3.50. The third kappa shape index (κ3) is 3.25. The summed E-state index contributed by atoms with van der Waals surface area (Å²) in [4.78, 5) is 21.1. The van der Waals surface area contributed by atoms with Gasteiger partial charge in [0.25, 0.3) is 0 Å². The molecule has 0 aliphatic heterocycles. The summed E-state index contributed by atoms with van der Waals surface area (Å²) < 4.78 is 0. The van der Waals surface area contributed by atoms with Crippen molar-refractivity contribution < 1.29 is 9.90 Å². The van der Waals surface area contributed by atoms with Crippen molar-refractivity contribution in [2.75, 3.05) is 5.75 Å². The van der Waals surface area contributed by atoms with Crippen LogP contribution < -0.4 is 0 Å². The van der Waals surface area contributed by atoms with Gasteiger partial charge in [0, 0.05) is 4.90 Å². The van der Waals surface area contributed by atoms with E-state index in [0.717, 1.165) is 16.7 Å². The van der Waals surface area contributed by atoms with Gasteiger partial charge in [0.2, 0.25) is 0 Å². The van der Waals surface area contributed by atoms with Gasteiger partial charge in [0.15, 0.2) is 0 Å². The minimum atomic E-state index is -0.880. The molecule has 0 amide bonds. The van der Waals surface area contributed by atoms with Crippen LogP contribution in [-0.4, -0.2) is 16.8 Å². The molecule has 0 radical (unpaired) electrons. The largest absolute Gasteiger partial charge is 0.481 e. The van der Waals surface area contributed by atoms with E-state index < -0.39 is 5.97 Å². The fourth-order valence-electron chi connectivity index (χ4n) is 0.775. The normalized spacial score (nSPS) is 9.54. The molecule has 0 aromatic heterocycles. The van der Waals surface area contributed by atoms with Gasteiger partial charge in [-0.05, 0) is 23.4 Å². The molecule has 1 aromatic carbocycles. The highest BCUT2D eigenvalue weighted by atomic mass is 32.2. The number of hydrogen-bond donors (Lipinski definition) is 1. The number of benzene rings is 1. The molecule has 0 spiro atoms. The van der Waals surface area contributed by atoms with Crippen molar-refractivity contribution in [3.8, 4) is 0 Å².